The fourth-order valence-corrected chi connectivity index (χ4v) is 2.09. The van der Waals surface area contributed by atoms with Gasteiger partial charge in [-0.3, -0.25) is 4.79 Å². The molecule has 0 fully saturated rings. The van der Waals surface area contributed by atoms with Crippen LogP contribution in [0.4, 0.5) is 10.2 Å². The Hall–Kier alpha value is -1.69. The van der Waals surface area contributed by atoms with E-state index in [9.17, 15) is 9.18 Å². The topological polar surface area (TPSA) is 63.2 Å². The third-order valence-electron chi connectivity index (χ3n) is 3.16. The number of aromatic nitrogens is 1. The van der Waals surface area contributed by atoms with Gasteiger partial charge in [-0.25, -0.2) is 9.37 Å². The minimum Gasteiger partial charge on any atom is -0.469 e. The number of fused-ring (bicyclic) bond motifs is 1. The van der Waals surface area contributed by atoms with Crippen LogP contribution >= 0.6 is 0 Å². The summed E-state index contributed by atoms with van der Waals surface area (Å²) in [7, 11) is 1.33. The number of nitrogens with zero attached hydrogens (tertiary/aromatic N) is 1. The lowest BCUT2D eigenvalue weighted by Gasteiger charge is -2.11. The first kappa shape index (κ1) is 13.7. The zero-order valence-corrected chi connectivity index (χ0v) is 11.0. The van der Waals surface area contributed by atoms with Crippen molar-refractivity contribution in [1.29, 1.82) is 0 Å². The number of esters is 1. The van der Waals surface area contributed by atoms with E-state index in [0.29, 0.717) is 18.7 Å². The van der Waals surface area contributed by atoms with Gasteiger partial charge in [-0.05, 0) is 24.9 Å². The van der Waals surface area contributed by atoms with Gasteiger partial charge in [-0.2, -0.15) is 0 Å². The zero-order valence-electron chi connectivity index (χ0n) is 11.0. The van der Waals surface area contributed by atoms with E-state index in [-0.39, 0.29) is 24.0 Å². The highest BCUT2D eigenvalue weighted by Gasteiger charge is 2.16. The van der Waals surface area contributed by atoms with Crippen molar-refractivity contribution in [2.75, 3.05) is 25.5 Å². The number of hydrogen-bond acceptors (Lipinski definition) is 5. The molecule has 1 aliphatic rings. The van der Waals surface area contributed by atoms with Crippen molar-refractivity contribution in [2.24, 2.45) is 0 Å². The number of hydrogen-bond donors (Lipinski definition) is 2. The monoisotopic (exact) mass is 267 g/mol. The van der Waals surface area contributed by atoms with Crippen molar-refractivity contribution >= 4 is 11.8 Å². The van der Waals surface area contributed by atoms with E-state index in [1.165, 1.54) is 7.11 Å². The highest BCUT2D eigenvalue weighted by atomic mass is 19.1. The van der Waals surface area contributed by atoms with E-state index in [2.05, 4.69) is 20.4 Å². The second-order valence-corrected chi connectivity index (χ2v) is 4.46. The second kappa shape index (κ2) is 6.47. The molecule has 1 aromatic heterocycles. The van der Waals surface area contributed by atoms with Crippen LogP contribution in [0, 0.1) is 5.82 Å². The Kier molecular flexibility index (Phi) is 4.68. The van der Waals surface area contributed by atoms with Gasteiger partial charge in [0.1, 0.15) is 0 Å². The molecule has 0 saturated heterocycles. The summed E-state index contributed by atoms with van der Waals surface area (Å²) in [6.07, 6.45) is 3.73. The molecule has 6 heteroatoms. The second-order valence-electron chi connectivity index (χ2n) is 4.46. The van der Waals surface area contributed by atoms with Crippen molar-refractivity contribution < 1.29 is 13.9 Å². The lowest BCUT2D eigenvalue weighted by Crippen LogP contribution is -2.15. The molecule has 5 nitrogen and oxygen atoms in total. The van der Waals surface area contributed by atoms with Crippen LogP contribution in [0.3, 0.4) is 0 Å². The summed E-state index contributed by atoms with van der Waals surface area (Å²) in [4.78, 5) is 15.1. The molecule has 2 N–H and O–H groups in total. The van der Waals surface area contributed by atoms with Gasteiger partial charge < -0.3 is 15.4 Å². The van der Waals surface area contributed by atoms with Gasteiger partial charge in [0.25, 0.3) is 0 Å². The van der Waals surface area contributed by atoms with E-state index in [1.807, 2.05) is 0 Å². The van der Waals surface area contributed by atoms with Crippen LogP contribution in [0.5, 0.6) is 0 Å². The number of pyridine rings is 1. The molecule has 0 aliphatic carbocycles. The minimum absolute atomic E-state index is 0.187. The third kappa shape index (κ3) is 3.41. The Morgan fingerprint density at radius 1 is 1.63 bits per heavy atom. The Labute approximate surface area is 111 Å². The lowest BCUT2D eigenvalue weighted by molar-refractivity contribution is -0.140. The van der Waals surface area contributed by atoms with Gasteiger partial charge in [-0.1, -0.05) is 0 Å². The summed E-state index contributed by atoms with van der Waals surface area (Å²) >= 11 is 0. The quantitative estimate of drug-likeness (QED) is 0.803. The summed E-state index contributed by atoms with van der Waals surface area (Å²) in [5, 5.41) is 6.02. The number of halogens is 1. The Balaban J connectivity index is 2.05. The van der Waals surface area contributed by atoms with Crippen molar-refractivity contribution in [3.8, 4) is 0 Å². The Bertz CT molecular complexity index is 465. The van der Waals surface area contributed by atoms with E-state index in [1.54, 1.807) is 6.20 Å². The van der Waals surface area contributed by atoms with Gasteiger partial charge in [0, 0.05) is 24.8 Å². The fourth-order valence-electron chi connectivity index (χ4n) is 2.09. The average molecular weight is 267 g/mol. The van der Waals surface area contributed by atoms with Crippen LogP contribution in [0.1, 0.15) is 24.0 Å². The molecule has 2 rings (SSSR count). The molecule has 0 unspecified atom stereocenters. The maximum Gasteiger partial charge on any atom is 0.307 e. The fraction of sp³-hybridized carbons (Fsp3) is 0.538. The van der Waals surface area contributed by atoms with Crippen LogP contribution in [0.2, 0.25) is 0 Å². The standard InChI is InChI=1S/C13H18FN3O2/c1-19-11(18)4-6-16-13-12(14)10-8-15-5-2-3-9(10)7-17-13/h7,15H,2-6,8H2,1H3,(H,16,17). The first-order valence-electron chi connectivity index (χ1n) is 6.40. The maximum atomic E-state index is 14.3. The summed E-state index contributed by atoms with van der Waals surface area (Å²) in [6, 6.07) is 0. The largest absolute Gasteiger partial charge is 0.469 e. The van der Waals surface area contributed by atoms with Crippen LogP contribution in [0.15, 0.2) is 6.20 Å². The number of nitrogens with one attached hydrogen (secondary N) is 2. The van der Waals surface area contributed by atoms with Gasteiger partial charge in [0.15, 0.2) is 11.6 Å². The number of methoxy groups -OCH3 is 1. The first-order chi connectivity index (χ1) is 9.22. The number of aryl methyl sites for hydroxylation is 1. The number of anilines is 1. The van der Waals surface area contributed by atoms with Crippen molar-refractivity contribution in [3.63, 3.8) is 0 Å². The number of rotatable bonds is 4. The Morgan fingerprint density at radius 2 is 2.47 bits per heavy atom. The summed E-state index contributed by atoms with van der Waals surface area (Å²) in [5.41, 5.74) is 1.63. The molecule has 0 saturated carbocycles. The maximum absolute atomic E-state index is 14.3. The zero-order chi connectivity index (χ0) is 13.7. The third-order valence-corrected chi connectivity index (χ3v) is 3.16. The van der Waals surface area contributed by atoms with Gasteiger partial charge in [0.05, 0.1) is 13.5 Å². The highest BCUT2D eigenvalue weighted by molar-refractivity contribution is 5.69. The van der Waals surface area contributed by atoms with Crippen molar-refractivity contribution in [2.45, 2.75) is 25.8 Å². The first-order valence-corrected chi connectivity index (χ1v) is 6.40. The van der Waals surface area contributed by atoms with Crippen molar-refractivity contribution in [1.82, 2.24) is 10.3 Å². The highest BCUT2D eigenvalue weighted by Crippen LogP contribution is 2.22. The molecule has 1 aliphatic heterocycles. The van der Waals surface area contributed by atoms with E-state index >= 15 is 0 Å². The smallest absolute Gasteiger partial charge is 0.307 e. The van der Waals surface area contributed by atoms with Crippen molar-refractivity contribution in [3.05, 3.63) is 23.1 Å². The predicted molar refractivity (Wildman–Crippen MR) is 69.3 cm³/mol. The molecule has 0 aromatic carbocycles. The van der Waals surface area contributed by atoms with Crippen LogP contribution < -0.4 is 10.6 Å². The molecule has 0 amide bonds. The van der Waals surface area contributed by atoms with Crippen LogP contribution in [-0.4, -0.2) is 31.2 Å². The van der Waals surface area contributed by atoms with Gasteiger partial charge in [-0.15, -0.1) is 0 Å². The van der Waals surface area contributed by atoms with Gasteiger partial charge in [0.2, 0.25) is 0 Å². The predicted octanol–water partition coefficient (Wildman–Crippen LogP) is 1.23. The molecule has 2 heterocycles. The SMILES string of the molecule is COC(=O)CCNc1ncc2c(c1F)CNCCC2. The number of ether oxygens (including phenoxy) is 1. The summed E-state index contributed by atoms with van der Waals surface area (Å²) in [5.74, 6) is -0.451. The lowest BCUT2D eigenvalue weighted by atomic mass is 10.1. The molecule has 0 bridgehead atoms. The van der Waals surface area contributed by atoms with E-state index < -0.39 is 0 Å². The molecular weight excluding hydrogens is 249 g/mol. The molecule has 1 aromatic rings. The van der Waals surface area contributed by atoms with Crippen LogP contribution in [0.25, 0.3) is 0 Å². The van der Waals surface area contributed by atoms with E-state index in [0.717, 1.165) is 24.9 Å². The number of carbonyl (C=O) groups excluding carboxylic acids is 1. The molecule has 0 atom stereocenters. The minimum atomic E-state index is -0.329. The van der Waals surface area contributed by atoms with Crippen LogP contribution in [-0.2, 0) is 22.5 Å². The molecular formula is C13H18FN3O2. The summed E-state index contributed by atoms with van der Waals surface area (Å²) < 4.78 is 18.8. The summed E-state index contributed by atoms with van der Waals surface area (Å²) in [6.45, 7) is 1.72. The number of carbonyl (C=O) groups is 1. The average Bonchev–Trinajstić information content (AvgIpc) is 2.67. The van der Waals surface area contributed by atoms with Gasteiger partial charge >= 0.3 is 5.97 Å². The van der Waals surface area contributed by atoms with E-state index in [4.69, 9.17) is 0 Å². The molecule has 19 heavy (non-hydrogen) atoms. The molecule has 0 spiro atoms. The Morgan fingerprint density at radius 3 is 3.26 bits per heavy atom. The normalized spacial score (nSPS) is 14.4. The molecule has 0 radical (unpaired) electrons. The molecule has 104 valence electrons.